The molecule has 0 fully saturated rings. The van der Waals surface area contributed by atoms with Gasteiger partial charge in [0, 0.05) is 30.0 Å². The number of nitrogens with one attached hydrogen (secondary N) is 2. The topological polar surface area (TPSA) is 50.4 Å². The smallest absolute Gasteiger partial charge is 0.221 e. The zero-order chi connectivity index (χ0) is 17.6. The summed E-state index contributed by atoms with van der Waals surface area (Å²) >= 11 is 3.51. The summed E-state index contributed by atoms with van der Waals surface area (Å²) in [5, 5.41) is 6.25. The molecule has 5 heteroatoms. The van der Waals surface area contributed by atoms with Crippen LogP contribution in [0.5, 0.6) is 5.75 Å². The SMILES string of the molecule is CNC(=O)CC(C)(NCc1ccc(OC)cc1)c1cccc(Br)c1. The van der Waals surface area contributed by atoms with Crippen molar-refractivity contribution >= 4 is 21.8 Å². The Morgan fingerprint density at radius 1 is 1.21 bits per heavy atom. The van der Waals surface area contributed by atoms with E-state index < -0.39 is 5.54 Å². The van der Waals surface area contributed by atoms with Gasteiger partial charge in [-0.2, -0.15) is 0 Å². The van der Waals surface area contributed by atoms with Gasteiger partial charge >= 0.3 is 0 Å². The third kappa shape index (κ3) is 4.82. The van der Waals surface area contributed by atoms with Crippen LogP contribution >= 0.6 is 15.9 Å². The van der Waals surface area contributed by atoms with Crippen LogP contribution < -0.4 is 15.4 Å². The van der Waals surface area contributed by atoms with E-state index in [0.717, 1.165) is 21.3 Å². The third-order valence-corrected chi connectivity index (χ3v) is 4.59. The van der Waals surface area contributed by atoms with Crippen molar-refractivity contribution < 1.29 is 9.53 Å². The summed E-state index contributed by atoms with van der Waals surface area (Å²) in [5.74, 6) is 0.832. The predicted octanol–water partition coefficient (Wildman–Crippen LogP) is 3.60. The molecule has 24 heavy (non-hydrogen) atoms. The number of ether oxygens (including phenoxy) is 1. The molecule has 0 saturated heterocycles. The molecule has 0 aliphatic carbocycles. The van der Waals surface area contributed by atoms with Gasteiger partial charge in [-0.3, -0.25) is 4.79 Å². The zero-order valence-corrected chi connectivity index (χ0v) is 15.8. The van der Waals surface area contributed by atoms with Gasteiger partial charge in [0.1, 0.15) is 5.75 Å². The molecule has 1 atom stereocenters. The maximum Gasteiger partial charge on any atom is 0.221 e. The van der Waals surface area contributed by atoms with Crippen molar-refractivity contribution in [2.75, 3.05) is 14.2 Å². The van der Waals surface area contributed by atoms with Crippen LogP contribution in [0.3, 0.4) is 0 Å². The number of methoxy groups -OCH3 is 1. The molecule has 0 aliphatic rings. The molecule has 1 amide bonds. The van der Waals surface area contributed by atoms with Gasteiger partial charge in [-0.1, -0.05) is 40.2 Å². The molecule has 2 N–H and O–H groups in total. The highest BCUT2D eigenvalue weighted by atomic mass is 79.9. The molecule has 0 bridgehead atoms. The Morgan fingerprint density at radius 3 is 2.50 bits per heavy atom. The average Bonchev–Trinajstić information content (AvgIpc) is 2.60. The van der Waals surface area contributed by atoms with Gasteiger partial charge in [0.2, 0.25) is 5.91 Å². The highest BCUT2D eigenvalue weighted by molar-refractivity contribution is 9.10. The molecule has 0 aliphatic heterocycles. The number of rotatable bonds is 7. The fourth-order valence-corrected chi connectivity index (χ4v) is 2.95. The molecule has 0 aromatic heterocycles. The van der Waals surface area contributed by atoms with Gasteiger partial charge in [-0.05, 0) is 42.3 Å². The minimum Gasteiger partial charge on any atom is -0.497 e. The van der Waals surface area contributed by atoms with E-state index in [1.54, 1.807) is 14.2 Å². The van der Waals surface area contributed by atoms with Gasteiger partial charge in [-0.25, -0.2) is 0 Å². The van der Waals surface area contributed by atoms with Crippen LogP contribution in [0, 0.1) is 0 Å². The first-order valence-electron chi connectivity index (χ1n) is 7.81. The quantitative estimate of drug-likeness (QED) is 0.759. The molecule has 2 rings (SSSR count). The molecule has 4 nitrogen and oxygen atoms in total. The van der Waals surface area contributed by atoms with Gasteiger partial charge < -0.3 is 15.4 Å². The lowest BCUT2D eigenvalue weighted by Gasteiger charge is -2.31. The van der Waals surface area contributed by atoms with Crippen molar-refractivity contribution in [3.8, 4) is 5.75 Å². The zero-order valence-electron chi connectivity index (χ0n) is 14.2. The highest BCUT2D eigenvalue weighted by Gasteiger charge is 2.29. The van der Waals surface area contributed by atoms with E-state index in [2.05, 4.69) is 26.6 Å². The maximum atomic E-state index is 12.0. The van der Waals surface area contributed by atoms with Crippen molar-refractivity contribution in [3.63, 3.8) is 0 Å². The van der Waals surface area contributed by atoms with Crippen LogP contribution in [0.1, 0.15) is 24.5 Å². The fraction of sp³-hybridized carbons (Fsp3) is 0.316. The summed E-state index contributed by atoms with van der Waals surface area (Å²) in [6, 6.07) is 16.0. The maximum absolute atomic E-state index is 12.0. The Balaban J connectivity index is 2.20. The van der Waals surface area contributed by atoms with Crippen LogP contribution in [0.4, 0.5) is 0 Å². The monoisotopic (exact) mass is 390 g/mol. The average molecular weight is 391 g/mol. The number of hydrogen-bond donors (Lipinski definition) is 2. The molecule has 0 heterocycles. The van der Waals surface area contributed by atoms with Crippen LogP contribution in [0.25, 0.3) is 0 Å². The number of halogens is 1. The van der Waals surface area contributed by atoms with E-state index >= 15 is 0 Å². The van der Waals surface area contributed by atoms with E-state index in [1.807, 2.05) is 55.5 Å². The number of amides is 1. The molecule has 1 unspecified atom stereocenters. The van der Waals surface area contributed by atoms with Crippen molar-refractivity contribution in [2.45, 2.75) is 25.4 Å². The lowest BCUT2D eigenvalue weighted by atomic mass is 9.88. The van der Waals surface area contributed by atoms with Gasteiger partial charge in [-0.15, -0.1) is 0 Å². The molecule has 0 radical (unpaired) electrons. The Hall–Kier alpha value is -1.85. The Morgan fingerprint density at radius 2 is 1.92 bits per heavy atom. The summed E-state index contributed by atoms with van der Waals surface area (Å²) in [7, 11) is 3.31. The second-order valence-electron chi connectivity index (χ2n) is 5.89. The van der Waals surface area contributed by atoms with Crippen LogP contribution in [-0.2, 0) is 16.9 Å². The summed E-state index contributed by atoms with van der Waals surface area (Å²) in [5.41, 5.74) is 1.73. The summed E-state index contributed by atoms with van der Waals surface area (Å²) in [4.78, 5) is 12.0. The standard InChI is InChI=1S/C19H23BrN2O2/c1-19(12-18(23)21-2,15-5-4-6-16(20)11-15)22-13-14-7-9-17(24-3)10-8-14/h4-11,22H,12-13H2,1-3H3,(H,21,23). The van der Waals surface area contributed by atoms with Gasteiger partial charge in [0.25, 0.3) is 0 Å². The number of carbonyl (C=O) groups is 1. The Labute approximate surface area is 151 Å². The van der Waals surface area contributed by atoms with Crippen molar-refractivity contribution in [1.29, 1.82) is 0 Å². The highest BCUT2D eigenvalue weighted by Crippen LogP contribution is 2.28. The van der Waals surface area contributed by atoms with E-state index in [9.17, 15) is 4.79 Å². The predicted molar refractivity (Wildman–Crippen MR) is 100 cm³/mol. The van der Waals surface area contributed by atoms with E-state index in [0.29, 0.717) is 13.0 Å². The minimum absolute atomic E-state index is 0.000272. The number of hydrogen-bond acceptors (Lipinski definition) is 3. The van der Waals surface area contributed by atoms with Crippen molar-refractivity contribution in [1.82, 2.24) is 10.6 Å². The Kier molecular flexibility index (Phi) is 6.40. The molecular weight excluding hydrogens is 368 g/mol. The molecule has 0 saturated carbocycles. The first kappa shape index (κ1) is 18.5. The number of benzene rings is 2. The second-order valence-corrected chi connectivity index (χ2v) is 6.81. The van der Waals surface area contributed by atoms with Gasteiger partial charge in [0.05, 0.1) is 7.11 Å². The molecule has 2 aromatic carbocycles. The van der Waals surface area contributed by atoms with E-state index in [1.165, 1.54) is 0 Å². The van der Waals surface area contributed by atoms with Crippen molar-refractivity contribution in [3.05, 3.63) is 64.1 Å². The summed E-state index contributed by atoms with van der Waals surface area (Å²) in [6.45, 7) is 2.71. The normalized spacial score (nSPS) is 13.2. The van der Waals surface area contributed by atoms with E-state index in [4.69, 9.17) is 4.74 Å². The molecule has 128 valence electrons. The largest absolute Gasteiger partial charge is 0.497 e. The van der Waals surface area contributed by atoms with E-state index in [-0.39, 0.29) is 5.91 Å². The Bertz CT molecular complexity index is 688. The third-order valence-electron chi connectivity index (χ3n) is 4.10. The summed E-state index contributed by atoms with van der Waals surface area (Å²) in [6.07, 6.45) is 0.357. The molecule has 0 spiro atoms. The second kappa shape index (κ2) is 8.31. The number of carbonyl (C=O) groups excluding carboxylic acids is 1. The van der Waals surface area contributed by atoms with Crippen LogP contribution in [-0.4, -0.2) is 20.1 Å². The minimum atomic E-state index is -0.468. The van der Waals surface area contributed by atoms with Gasteiger partial charge in [0.15, 0.2) is 0 Å². The summed E-state index contributed by atoms with van der Waals surface area (Å²) < 4.78 is 6.18. The van der Waals surface area contributed by atoms with Crippen molar-refractivity contribution in [2.24, 2.45) is 0 Å². The first-order valence-corrected chi connectivity index (χ1v) is 8.61. The first-order chi connectivity index (χ1) is 11.5. The molecular formula is C19H23BrN2O2. The lowest BCUT2D eigenvalue weighted by Crippen LogP contribution is -2.43. The van der Waals surface area contributed by atoms with Crippen LogP contribution in [0.15, 0.2) is 53.0 Å². The fourth-order valence-electron chi connectivity index (χ4n) is 2.55. The van der Waals surface area contributed by atoms with Crippen LogP contribution in [0.2, 0.25) is 0 Å². The lowest BCUT2D eigenvalue weighted by molar-refractivity contribution is -0.122. The molecule has 2 aromatic rings.